The molecule has 2 N–H and O–H groups in total. The van der Waals surface area contributed by atoms with E-state index in [0.717, 1.165) is 37.1 Å². The fraction of sp³-hybridized carbons (Fsp3) is 0.750. The quantitative estimate of drug-likeness (QED) is 0.822. The number of aliphatic hydroxyl groups is 1. The molecule has 1 aliphatic rings. The minimum atomic E-state index is -0.513. The van der Waals surface area contributed by atoms with Crippen LogP contribution < -0.4 is 5.32 Å². The van der Waals surface area contributed by atoms with Crippen molar-refractivity contribution in [2.75, 3.05) is 11.9 Å². The van der Waals surface area contributed by atoms with Gasteiger partial charge in [0, 0.05) is 19.8 Å². The monoisotopic (exact) mass is 223 g/mol. The molecule has 1 aromatic rings. The van der Waals surface area contributed by atoms with Crippen LogP contribution in [0.3, 0.4) is 0 Å². The summed E-state index contributed by atoms with van der Waals surface area (Å²) in [5.41, 5.74) is 1.50. The molecule has 1 aromatic heterocycles. The zero-order chi connectivity index (χ0) is 11.6. The second-order valence-corrected chi connectivity index (χ2v) is 4.94. The summed E-state index contributed by atoms with van der Waals surface area (Å²) in [7, 11) is 1.91. The van der Waals surface area contributed by atoms with Gasteiger partial charge in [-0.2, -0.15) is 5.10 Å². The van der Waals surface area contributed by atoms with E-state index >= 15 is 0 Å². The normalized spacial score (nSPS) is 19.7. The molecule has 2 rings (SSSR count). The molecule has 0 aromatic carbocycles. The van der Waals surface area contributed by atoms with Gasteiger partial charge in [0.2, 0.25) is 0 Å². The second-order valence-electron chi connectivity index (χ2n) is 4.94. The van der Waals surface area contributed by atoms with Crippen LogP contribution in [-0.2, 0) is 7.05 Å². The van der Waals surface area contributed by atoms with E-state index in [1.54, 1.807) is 4.68 Å². The van der Waals surface area contributed by atoms with Crippen LogP contribution in [0.2, 0.25) is 0 Å². The maximum atomic E-state index is 10.3. The van der Waals surface area contributed by atoms with Crippen LogP contribution in [0.5, 0.6) is 0 Å². The smallest absolute Gasteiger partial charge is 0.0824 e. The molecule has 0 spiro atoms. The van der Waals surface area contributed by atoms with Crippen molar-refractivity contribution in [3.8, 4) is 0 Å². The van der Waals surface area contributed by atoms with Gasteiger partial charge in [-0.3, -0.25) is 4.68 Å². The average molecular weight is 223 g/mol. The predicted molar refractivity (Wildman–Crippen MR) is 64.5 cm³/mol. The molecular weight excluding hydrogens is 202 g/mol. The Balaban J connectivity index is 1.93. The first-order chi connectivity index (χ1) is 7.59. The fourth-order valence-electron chi connectivity index (χ4n) is 2.42. The summed E-state index contributed by atoms with van der Waals surface area (Å²) in [4.78, 5) is 0. The second kappa shape index (κ2) is 4.45. The number of nitrogens with one attached hydrogen (secondary N) is 1. The maximum Gasteiger partial charge on any atom is 0.0824 e. The minimum Gasteiger partial charge on any atom is -0.388 e. The minimum absolute atomic E-state index is 0.513. The van der Waals surface area contributed by atoms with E-state index in [1.807, 2.05) is 20.2 Å². The first-order valence-electron chi connectivity index (χ1n) is 6.06. The van der Waals surface area contributed by atoms with E-state index in [2.05, 4.69) is 10.4 Å². The Morgan fingerprint density at radius 2 is 2.12 bits per heavy atom. The van der Waals surface area contributed by atoms with Gasteiger partial charge in [0.05, 0.1) is 17.0 Å². The van der Waals surface area contributed by atoms with Crippen molar-refractivity contribution in [1.82, 2.24) is 9.78 Å². The summed E-state index contributed by atoms with van der Waals surface area (Å²) >= 11 is 0. The molecule has 1 fully saturated rings. The van der Waals surface area contributed by atoms with Crippen molar-refractivity contribution in [3.63, 3.8) is 0 Å². The van der Waals surface area contributed by atoms with Gasteiger partial charge in [-0.15, -0.1) is 0 Å². The molecule has 0 unspecified atom stereocenters. The molecule has 0 amide bonds. The van der Waals surface area contributed by atoms with Crippen LogP contribution in [0.15, 0.2) is 6.20 Å². The summed E-state index contributed by atoms with van der Waals surface area (Å²) in [5, 5.41) is 17.9. The van der Waals surface area contributed by atoms with Gasteiger partial charge in [0.1, 0.15) is 0 Å². The Labute approximate surface area is 96.7 Å². The topological polar surface area (TPSA) is 50.1 Å². The number of hydrogen-bond donors (Lipinski definition) is 2. The number of rotatable bonds is 3. The van der Waals surface area contributed by atoms with E-state index in [0.29, 0.717) is 6.54 Å². The van der Waals surface area contributed by atoms with Crippen LogP contribution in [0, 0.1) is 6.92 Å². The molecule has 0 radical (unpaired) electrons. The van der Waals surface area contributed by atoms with Crippen LogP contribution in [-0.4, -0.2) is 27.0 Å². The SMILES string of the molecule is Cc1nn(C)cc1NCC1(O)CCCCC1. The van der Waals surface area contributed by atoms with Crippen molar-refractivity contribution in [2.45, 2.75) is 44.6 Å². The lowest BCUT2D eigenvalue weighted by Gasteiger charge is -2.32. The van der Waals surface area contributed by atoms with Crippen LogP contribution in [0.25, 0.3) is 0 Å². The Morgan fingerprint density at radius 1 is 1.44 bits per heavy atom. The van der Waals surface area contributed by atoms with E-state index in [1.165, 1.54) is 6.42 Å². The largest absolute Gasteiger partial charge is 0.388 e. The molecule has 1 heterocycles. The van der Waals surface area contributed by atoms with Gasteiger partial charge in [0.15, 0.2) is 0 Å². The number of aryl methyl sites for hydroxylation is 2. The Bertz CT molecular complexity index is 353. The zero-order valence-corrected chi connectivity index (χ0v) is 10.2. The molecule has 0 atom stereocenters. The number of aromatic nitrogens is 2. The molecule has 1 aliphatic carbocycles. The highest BCUT2D eigenvalue weighted by Gasteiger charge is 2.28. The Kier molecular flexibility index (Phi) is 3.19. The van der Waals surface area contributed by atoms with Crippen LogP contribution in [0.4, 0.5) is 5.69 Å². The number of hydrogen-bond acceptors (Lipinski definition) is 3. The van der Waals surface area contributed by atoms with Crippen molar-refractivity contribution in [1.29, 1.82) is 0 Å². The third-order valence-electron chi connectivity index (χ3n) is 3.41. The van der Waals surface area contributed by atoms with Gasteiger partial charge in [-0.05, 0) is 19.8 Å². The van der Waals surface area contributed by atoms with E-state index < -0.39 is 5.60 Å². The van der Waals surface area contributed by atoms with Crippen molar-refractivity contribution in [3.05, 3.63) is 11.9 Å². The molecule has 16 heavy (non-hydrogen) atoms. The zero-order valence-electron chi connectivity index (χ0n) is 10.2. The van der Waals surface area contributed by atoms with Crippen LogP contribution >= 0.6 is 0 Å². The van der Waals surface area contributed by atoms with Crippen molar-refractivity contribution < 1.29 is 5.11 Å². The molecule has 0 bridgehead atoms. The molecule has 1 saturated carbocycles. The van der Waals surface area contributed by atoms with Crippen molar-refractivity contribution >= 4 is 5.69 Å². The average Bonchev–Trinajstić information content (AvgIpc) is 2.56. The fourth-order valence-corrected chi connectivity index (χ4v) is 2.42. The summed E-state index contributed by atoms with van der Waals surface area (Å²) in [5.74, 6) is 0. The van der Waals surface area contributed by atoms with Crippen LogP contribution in [0.1, 0.15) is 37.8 Å². The lowest BCUT2D eigenvalue weighted by atomic mass is 9.85. The standard InChI is InChI=1S/C12H21N3O/c1-10-11(8-15(2)14-10)13-9-12(16)6-4-3-5-7-12/h8,13,16H,3-7,9H2,1-2H3. The molecule has 90 valence electrons. The van der Waals surface area contributed by atoms with E-state index in [4.69, 9.17) is 0 Å². The summed E-state index contributed by atoms with van der Waals surface area (Å²) in [6, 6.07) is 0. The van der Waals surface area contributed by atoms with Gasteiger partial charge in [0.25, 0.3) is 0 Å². The third-order valence-corrected chi connectivity index (χ3v) is 3.41. The van der Waals surface area contributed by atoms with Crippen molar-refractivity contribution in [2.24, 2.45) is 7.05 Å². The number of anilines is 1. The lowest BCUT2D eigenvalue weighted by Crippen LogP contribution is -2.38. The molecule has 0 aliphatic heterocycles. The highest BCUT2D eigenvalue weighted by atomic mass is 16.3. The summed E-state index contributed by atoms with van der Waals surface area (Å²) in [6.07, 6.45) is 7.34. The molecular formula is C12H21N3O. The lowest BCUT2D eigenvalue weighted by molar-refractivity contribution is 0.0167. The third kappa shape index (κ3) is 2.55. The van der Waals surface area contributed by atoms with E-state index in [9.17, 15) is 5.11 Å². The van der Waals surface area contributed by atoms with Gasteiger partial charge < -0.3 is 10.4 Å². The van der Waals surface area contributed by atoms with E-state index in [-0.39, 0.29) is 0 Å². The molecule has 4 heteroatoms. The predicted octanol–water partition coefficient (Wildman–Crippen LogP) is 1.84. The summed E-state index contributed by atoms with van der Waals surface area (Å²) < 4.78 is 1.79. The first kappa shape index (κ1) is 11.5. The highest BCUT2D eigenvalue weighted by molar-refractivity contribution is 5.45. The Morgan fingerprint density at radius 3 is 2.69 bits per heavy atom. The van der Waals surface area contributed by atoms with Gasteiger partial charge >= 0.3 is 0 Å². The maximum absolute atomic E-state index is 10.3. The highest BCUT2D eigenvalue weighted by Crippen LogP contribution is 2.28. The Hall–Kier alpha value is -1.03. The first-order valence-corrected chi connectivity index (χ1v) is 6.06. The molecule has 4 nitrogen and oxygen atoms in total. The summed E-state index contributed by atoms with van der Waals surface area (Å²) in [6.45, 7) is 2.62. The molecule has 0 saturated heterocycles. The van der Waals surface area contributed by atoms with Gasteiger partial charge in [-0.25, -0.2) is 0 Å². The number of nitrogens with zero attached hydrogens (tertiary/aromatic N) is 2. The van der Waals surface area contributed by atoms with Gasteiger partial charge in [-0.1, -0.05) is 19.3 Å².